The van der Waals surface area contributed by atoms with Crippen LogP contribution in [0.15, 0.2) is 59.9 Å². The fourth-order valence-electron chi connectivity index (χ4n) is 4.07. The van der Waals surface area contributed by atoms with Crippen LogP contribution in [0.5, 0.6) is 0 Å². The molecule has 0 aliphatic carbocycles. The molecule has 2 aromatic carbocycles. The number of nitrogens with zero attached hydrogens (tertiary/aromatic N) is 4. The Bertz CT molecular complexity index is 1550. The largest absolute Gasteiger partial charge is 0.369 e. The SMILES string of the molecule is Cc1cnc(-c2ccc(-c3cccc4c(F)c(C5(C)CS(=O)(=O)N(C)C(N)=N5)sc34)cc2)nc1. The lowest BCUT2D eigenvalue weighted by atomic mass is 10.00. The molecule has 2 aromatic heterocycles. The number of aryl methyl sites for hydroxylation is 1. The van der Waals surface area contributed by atoms with Gasteiger partial charge < -0.3 is 5.73 Å². The van der Waals surface area contributed by atoms with Crippen molar-refractivity contribution in [2.45, 2.75) is 19.4 Å². The fourth-order valence-corrected chi connectivity index (χ4v) is 6.90. The Kier molecular flexibility index (Phi) is 5.18. The molecule has 10 heteroatoms. The minimum absolute atomic E-state index is 0.153. The van der Waals surface area contributed by atoms with Gasteiger partial charge in [-0.25, -0.2) is 32.1 Å². The van der Waals surface area contributed by atoms with Crippen LogP contribution >= 0.6 is 11.3 Å². The highest BCUT2D eigenvalue weighted by Gasteiger charge is 2.43. The molecule has 1 aliphatic heterocycles. The molecule has 0 bridgehead atoms. The number of fused-ring (bicyclic) bond motifs is 1. The van der Waals surface area contributed by atoms with Crippen LogP contribution in [0.3, 0.4) is 0 Å². The number of hydrogen-bond acceptors (Lipinski definition) is 7. The maximum atomic E-state index is 15.6. The molecule has 1 aliphatic rings. The smallest absolute Gasteiger partial charge is 0.239 e. The van der Waals surface area contributed by atoms with Crippen molar-refractivity contribution >= 4 is 37.4 Å². The van der Waals surface area contributed by atoms with E-state index in [1.165, 1.54) is 18.4 Å². The van der Waals surface area contributed by atoms with Gasteiger partial charge in [-0.15, -0.1) is 11.3 Å². The lowest BCUT2D eigenvalue weighted by molar-refractivity contribution is 0.467. The standard InChI is InChI=1S/C24H22FN5O2S2/c1-14-11-27-22(28-12-14)16-9-7-15(8-10-16)17-5-4-6-18-19(25)21(33-20(17)18)24(2)13-34(31,32)30(3)23(26)29-24/h4-12H,13H2,1-3H3,(H2,26,29). The number of guanidine groups is 1. The van der Waals surface area contributed by atoms with Gasteiger partial charge in [-0.3, -0.25) is 0 Å². The summed E-state index contributed by atoms with van der Waals surface area (Å²) < 4.78 is 42.5. The second kappa shape index (κ2) is 7.85. The average Bonchev–Trinajstić information content (AvgIpc) is 3.15. The number of rotatable bonds is 3. The molecule has 1 atom stereocenters. The van der Waals surface area contributed by atoms with Gasteiger partial charge in [-0.2, -0.15) is 0 Å². The van der Waals surface area contributed by atoms with Gasteiger partial charge in [0.1, 0.15) is 11.4 Å². The van der Waals surface area contributed by atoms with Crippen LogP contribution in [0.4, 0.5) is 4.39 Å². The summed E-state index contributed by atoms with van der Waals surface area (Å²) in [6, 6.07) is 13.2. The van der Waals surface area contributed by atoms with E-state index in [0.717, 1.165) is 31.3 Å². The normalized spacial score (nSPS) is 19.9. The first-order valence-corrected chi connectivity index (χ1v) is 12.9. The predicted molar refractivity (Wildman–Crippen MR) is 134 cm³/mol. The summed E-state index contributed by atoms with van der Waals surface area (Å²) in [5, 5.41) is 0.426. The molecule has 0 spiro atoms. The Balaban J connectivity index is 1.60. The van der Waals surface area contributed by atoms with Crippen LogP contribution in [0.1, 0.15) is 17.4 Å². The van der Waals surface area contributed by atoms with Gasteiger partial charge in [-0.1, -0.05) is 42.5 Å². The van der Waals surface area contributed by atoms with Crippen LogP contribution in [-0.2, 0) is 15.6 Å². The van der Waals surface area contributed by atoms with Gasteiger partial charge in [0.25, 0.3) is 0 Å². The monoisotopic (exact) mass is 495 g/mol. The number of aliphatic imine (C=N–C) groups is 1. The maximum absolute atomic E-state index is 15.6. The Morgan fingerprint density at radius 3 is 2.38 bits per heavy atom. The molecule has 2 N–H and O–H groups in total. The number of sulfonamides is 1. The maximum Gasteiger partial charge on any atom is 0.239 e. The van der Waals surface area contributed by atoms with Crippen LogP contribution < -0.4 is 5.73 Å². The van der Waals surface area contributed by atoms with Gasteiger partial charge in [0.15, 0.2) is 5.82 Å². The topological polar surface area (TPSA) is 102 Å². The second-order valence-electron chi connectivity index (χ2n) is 8.56. The Hall–Kier alpha value is -3.37. The molecule has 4 aromatic rings. The summed E-state index contributed by atoms with van der Waals surface area (Å²) in [7, 11) is -2.37. The van der Waals surface area contributed by atoms with Crippen molar-refractivity contribution in [1.29, 1.82) is 0 Å². The number of aromatic nitrogens is 2. The van der Waals surface area contributed by atoms with Crippen molar-refractivity contribution in [3.8, 4) is 22.5 Å². The van der Waals surface area contributed by atoms with Crippen molar-refractivity contribution in [3.63, 3.8) is 0 Å². The number of benzene rings is 2. The molecule has 34 heavy (non-hydrogen) atoms. The zero-order valence-electron chi connectivity index (χ0n) is 18.8. The van der Waals surface area contributed by atoms with Gasteiger partial charge in [-0.05, 0) is 30.5 Å². The molecule has 1 unspecified atom stereocenters. The van der Waals surface area contributed by atoms with Crippen molar-refractivity contribution < 1.29 is 12.8 Å². The molecule has 174 valence electrons. The van der Waals surface area contributed by atoms with E-state index in [-0.39, 0.29) is 16.6 Å². The molecule has 0 saturated carbocycles. The summed E-state index contributed by atoms with van der Waals surface area (Å²) in [6.45, 7) is 3.54. The number of thiophene rings is 1. The van der Waals surface area contributed by atoms with E-state index < -0.39 is 21.4 Å². The number of nitrogens with two attached hydrogens (primary N) is 1. The first-order valence-electron chi connectivity index (χ1n) is 10.5. The molecule has 7 nitrogen and oxygen atoms in total. The zero-order chi connectivity index (χ0) is 24.3. The number of hydrogen-bond donors (Lipinski definition) is 1. The summed E-state index contributed by atoms with van der Waals surface area (Å²) in [5.74, 6) is -0.349. The summed E-state index contributed by atoms with van der Waals surface area (Å²) >= 11 is 1.21. The highest BCUT2D eigenvalue weighted by molar-refractivity contribution is 7.89. The quantitative estimate of drug-likeness (QED) is 0.457. The molecular formula is C24H22FN5O2S2. The van der Waals surface area contributed by atoms with E-state index in [1.54, 1.807) is 31.5 Å². The molecule has 0 radical (unpaired) electrons. The summed E-state index contributed by atoms with van der Waals surface area (Å²) in [5.41, 5.74) is 8.17. The van der Waals surface area contributed by atoms with E-state index >= 15 is 4.39 Å². The van der Waals surface area contributed by atoms with E-state index in [0.29, 0.717) is 11.2 Å². The Morgan fingerprint density at radius 2 is 1.74 bits per heavy atom. The molecule has 5 rings (SSSR count). The van der Waals surface area contributed by atoms with Crippen LogP contribution in [-0.4, -0.2) is 41.5 Å². The Labute approximate surface area is 200 Å². The van der Waals surface area contributed by atoms with Crippen LogP contribution in [0, 0.1) is 12.7 Å². The lowest BCUT2D eigenvalue weighted by Crippen LogP contribution is -2.50. The third-order valence-corrected chi connectivity index (χ3v) is 9.36. The number of halogens is 1. The molecule has 0 amide bonds. The lowest BCUT2D eigenvalue weighted by Gasteiger charge is -2.33. The van der Waals surface area contributed by atoms with Crippen molar-refractivity contribution in [2.75, 3.05) is 12.8 Å². The summed E-state index contributed by atoms with van der Waals surface area (Å²) in [6.07, 6.45) is 3.54. The highest BCUT2D eigenvalue weighted by atomic mass is 32.2. The molecule has 0 saturated heterocycles. The van der Waals surface area contributed by atoms with Crippen molar-refractivity contribution in [1.82, 2.24) is 14.3 Å². The minimum atomic E-state index is -3.71. The predicted octanol–water partition coefficient (Wildman–Crippen LogP) is 4.28. The summed E-state index contributed by atoms with van der Waals surface area (Å²) in [4.78, 5) is 13.3. The molecular weight excluding hydrogens is 473 g/mol. The van der Waals surface area contributed by atoms with Crippen LogP contribution in [0.25, 0.3) is 32.6 Å². The zero-order valence-corrected chi connectivity index (χ0v) is 20.4. The van der Waals surface area contributed by atoms with Gasteiger partial charge in [0.2, 0.25) is 16.0 Å². The van der Waals surface area contributed by atoms with Gasteiger partial charge >= 0.3 is 0 Å². The molecule has 0 fully saturated rings. The first kappa shape index (κ1) is 22.4. The van der Waals surface area contributed by atoms with Crippen molar-refractivity contribution in [2.24, 2.45) is 10.7 Å². The van der Waals surface area contributed by atoms with E-state index in [4.69, 9.17) is 5.73 Å². The molecule has 3 heterocycles. The van der Waals surface area contributed by atoms with Crippen molar-refractivity contribution in [3.05, 3.63) is 71.1 Å². The van der Waals surface area contributed by atoms with E-state index in [1.807, 2.05) is 37.3 Å². The van der Waals surface area contributed by atoms with Crippen LogP contribution in [0.2, 0.25) is 0 Å². The van der Waals surface area contributed by atoms with Gasteiger partial charge in [0, 0.05) is 35.1 Å². The van der Waals surface area contributed by atoms with E-state index in [2.05, 4.69) is 15.0 Å². The fraction of sp³-hybridized carbons (Fsp3) is 0.208. The van der Waals surface area contributed by atoms with E-state index in [9.17, 15) is 8.42 Å². The van der Waals surface area contributed by atoms with Gasteiger partial charge in [0.05, 0.1) is 10.6 Å². The highest BCUT2D eigenvalue weighted by Crippen LogP contribution is 2.44. The minimum Gasteiger partial charge on any atom is -0.369 e. The third kappa shape index (κ3) is 3.63. The third-order valence-electron chi connectivity index (χ3n) is 5.94. The average molecular weight is 496 g/mol. The Morgan fingerprint density at radius 1 is 1.09 bits per heavy atom. The second-order valence-corrected chi connectivity index (χ2v) is 11.6. The first-order chi connectivity index (χ1) is 16.1.